The summed E-state index contributed by atoms with van der Waals surface area (Å²) in [6.07, 6.45) is 5.94. The van der Waals surface area contributed by atoms with Crippen LogP contribution in [0.25, 0.3) is 21.8 Å². The third kappa shape index (κ3) is 4.58. The molecule has 0 radical (unpaired) electrons. The molecule has 1 aromatic carbocycles. The van der Waals surface area contributed by atoms with Crippen LogP contribution in [0.1, 0.15) is 37.1 Å². The predicted octanol–water partition coefficient (Wildman–Crippen LogP) is 4.36. The number of nitrogens with one attached hydrogen (secondary N) is 2. The number of anilines is 1. The second kappa shape index (κ2) is 9.72. The summed E-state index contributed by atoms with van der Waals surface area (Å²) in [5.41, 5.74) is 1.92. The van der Waals surface area contributed by atoms with Crippen LogP contribution in [-0.4, -0.2) is 38.0 Å². The Morgan fingerprint density at radius 3 is 2.87 bits per heavy atom. The van der Waals surface area contributed by atoms with E-state index in [0.29, 0.717) is 22.9 Å². The average molecular weight is 446 g/mol. The van der Waals surface area contributed by atoms with E-state index in [9.17, 15) is 4.21 Å². The molecule has 2 aromatic heterocycles. The summed E-state index contributed by atoms with van der Waals surface area (Å²) in [7, 11) is -1.32. The van der Waals surface area contributed by atoms with Gasteiger partial charge in [0.2, 0.25) is 0 Å². The number of thiazole rings is 1. The van der Waals surface area contributed by atoms with Crippen LogP contribution >= 0.6 is 11.3 Å². The second-order valence-corrected chi connectivity index (χ2v) is 9.50. The third-order valence-electron chi connectivity index (χ3n) is 5.01. The van der Waals surface area contributed by atoms with E-state index in [1.165, 1.54) is 6.33 Å². The van der Waals surface area contributed by atoms with Gasteiger partial charge in [-0.15, -0.1) is 11.3 Å². The van der Waals surface area contributed by atoms with Gasteiger partial charge < -0.3 is 10.0 Å². The topological polar surface area (TPSA) is 79.8 Å². The van der Waals surface area contributed by atoms with Crippen molar-refractivity contribution in [1.29, 1.82) is 0 Å². The predicted molar refractivity (Wildman–Crippen MR) is 120 cm³/mol. The van der Waals surface area contributed by atoms with Gasteiger partial charge in [-0.3, -0.25) is 0 Å². The van der Waals surface area contributed by atoms with Gasteiger partial charge in [0.1, 0.15) is 17.3 Å². The molecule has 3 aromatic rings. The standard InChI is InChI=1S/C21H24FN5OS2/c1-2-12-30(28)27-16-5-3-4-15(18(16)22)19-20(17-8-11-24-13-25-17)29-21(26-19)14-6-9-23-10-7-14/h3-5,8,11,13-14,23,27H,2,6-7,9-10,12H2,1H3. The van der Waals surface area contributed by atoms with E-state index in [2.05, 4.69) is 20.0 Å². The average Bonchev–Trinajstić information content (AvgIpc) is 3.22. The monoisotopic (exact) mass is 445 g/mol. The summed E-state index contributed by atoms with van der Waals surface area (Å²) in [5, 5.41) is 4.38. The second-order valence-electron chi connectivity index (χ2n) is 7.17. The minimum Gasteiger partial charge on any atom is -0.317 e. The minimum atomic E-state index is -1.32. The molecule has 4 rings (SSSR count). The van der Waals surface area contributed by atoms with Crippen molar-refractivity contribution in [2.24, 2.45) is 0 Å². The van der Waals surface area contributed by atoms with Gasteiger partial charge in [0.25, 0.3) is 0 Å². The molecular weight excluding hydrogens is 421 g/mol. The fourth-order valence-electron chi connectivity index (χ4n) is 3.51. The molecule has 0 amide bonds. The highest BCUT2D eigenvalue weighted by molar-refractivity contribution is 7.86. The van der Waals surface area contributed by atoms with E-state index < -0.39 is 16.8 Å². The van der Waals surface area contributed by atoms with Crippen LogP contribution in [0, 0.1) is 5.82 Å². The molecule has 1 unspecified atom stereocenters. The number of nitrogens with zero attached hydrogens (tertiary/aromatic N) is 3. The van der Waals surface area contributed by atoms with Crippen molar-refractivity contribution in [1.82, 2.24) is 20.3 Å². The molecule has 30 heavy (non-hydrogen) atoms. The molecule has 9 heteroatoms. The van der Waals surface area contributed by atoms with Gasteiger partial charge in [-0.1, -0.05) is 13.0 Å². The number of hydrogen-bond donors (Lipinski definition) is 2. The van der Waals surface area contributed by atoms with Crippen molar-refractivity contribution in [3.05, 3.63) is 47.6 Å². The molecule has 1 aliphatic heterocycles. The minimum absolute atomic E-state index is 0.226. The summed E-state index contributed by atoms with van der Waals surface area (Å²) in [4.78, 5) is 14.1. The van der Waals surface area contributed by atoms with Gasteiger partial charge in [-0.2, -0.15) is 0 Å². The van der Waals surface area contributed by atoms with Crippen molar-refractivity contribution >= 4 is 28.0 Å². The SMILES string of the molecule is CCCS(=O)Nc1cccc(-c2nc(C3CCNCC3)sc2-c2ccncn2)c1F. The summed E-state index contributed by atoms with van der Waals surface area (Å²) < 4.78 is 30.3. The molecule has 1 aliphatic rings. The van der Waals surface area contributed by atoms with Crippen molar-refractivity contribution in [3.63, 3.8) is 0 Å². The van der Waals surface area contributed by atoms with Crippen molar-refractivity contribution in [2.45, 2.75) is 32.1 Å². The van der Waals surface area contributed by atoms with Gasteiger partial charge >= 0.3 is 0 Å². The number of hydrogen-bond acceptors (Lipinski definition) is 6. The van der Waals surface area contributed by atoms with E-state index in [1.807, 2.05) is 13.0 Å². The Hall–Kier alpha value is -2.23. The van der Waals surface area contributed by atoms with Crippen molar-refractivity contribution in [2.75, 3.05) is 23.6 Å². The number of halogens is 1. The summed E-state index contributed by atoms with van der Waals surface area (Å²) >= 11 is 1.57. The molecule has 1 fully saturated rings. The van der Waals surface area contributed by atoms with Crippen LogP contribution in [0.2, 0.25) is 0 Å². The number of piperidine rings is 1. The lowest BCUT2D eigenvalue weighted by atomic mass is 9.99. The molecule has 0 aliphatic carbocycles. The molecule has 1 atom stereocenters. The summed E-state index contributed by atoms with van der Waals surface area (Å²) in [6, 6.07) is 6.91. The first-order valence-corrected chi connectivity index (χ1v) is 12.2. The first kappa shape index (κ1) is 21.0. The van der Waals surface area contributed by atoms with Crippen molar-refractivity contribution in [3.8, 4) is 21.8 Å². The third-order valence-corrected chi connectivity index (χ3v) is 7.48. The number of aromatic nitrogens is 3. The van der Waals surface area contributed by atoms with Gasteiger partial charge in [0.05, 0.1) is 27.0 Å². The van der Waals surface area contributed by atoms with Gasteiger partial charge in [-0.25, -0.2) is 23.6 Å². The van der Waals surface area contributed by atoms with Crippen molar-refractivity contribution < 1.29 is 8.60 Å². The Bertz CT molecular complexity index is 1020. The maximum Gasteiger partial charge on any atom is 0.156 e. The Balaban J connectivity index is 1.77. The highest BCUT2D eigenvalue weighted by Crippen LogP contribution is 2.41. The molecule has 0 bridgehead atoms. The molecule has 2 N–H and O–H groups in total. The van der Waals surface area contributed by atoms with Crippen LogP contribution in [0.5, 0.6) is 0 Å². The largest absolute Gasteiger partial charge is 0.317 e. The zero-order chi connectivity index (χ0) is 20.9. The Morgan fingerprint density at radius 2 is 2.13 bits per heavy atom. The lowest BCUT2D eigenvalue weighted by Crippen LogP contribution is -2.26. The Morgan fingerprint density at radius 1 is 1.30 bits per heavy atom. The highest BCUT2D eigenvalue weighted by atomic mass is 32.2. The van der Waals surface area contributed by atoms with Crippen LogP contribution in [0.4, 0.5) is 10.1 Å². The summed E-state index contributed by atoms with van der Waals surface area (Å²) in [5.74, 6) is 0.373. The molecular formula is C21H24FN5OS2. The zero-order valence-corrected chi connectivity index (χ0v) is 18.4. The summed E-state index contributed by atoms with van der Waals surface area (Å²) in [6.45, 7) is 3.86. The zero-order valence-electron chi connectivity index (χ0n) is 16.7. The normalized spacial score (nSPS) is 15.8. The van der Waals surface area contributed by atoms with Gasteiger partial charge in [-0.05, 0) is 50.6 Å². The molecule has 0 saturated carbocycles. The maximum atomic E-state index is 15.4. The van der Waals surface area contributed by atoms with E-state index in [1.54, 1.807) is 35.7 Å². The molecule has 0 spiro atoms. The smallest absolute Gasteiger partial charge is 0.156 e. The lowest BCUT2D eigenvalue weighted by Gasteiger charge is -2.20. The lowest BCUT2D eigenvalue weighted by molar-refractivity contribution is 0.459. The Labute approximate surface area is 182 Å². The van der Waals surface area contributed by atoms with Crippen LogP contribution in [0.3, 0.4) is 0 Å². The van der Waals surface area contributed by atoms with Gasteiger partial charge in [0, 0.05) is 23.4 Å². The number of benzene rings is 1. The molecule has 3 heterocycles. The number of rotatable bonds is 7. The van der Waals surface area contributed by atoms with E-state index in [-0.39, 0.29) is 5.69 Å². The maximum absolute atomic E-state index is 15.4. The first-order valence-electron chi connectivity index (χ1n) is 10.1. The molecule has 158 valence electrons. The van der Waals surface area contributed by atoms with E-state index in [4.69, 9.17) is 4.98 Å². The fraction of sp³-hybridized carbons (Fsp3) is 0.381. The quantitative estimate of drug-likeness (QED) is 0.565. The van der Waals surface area contributed by atoms with Crippen LogP contribution in [0.15, 0.2) is 36.8 Å². The van der Waals surface area contributed by atoms with Crippen LogP contribution in [-0.2, 0) is 11.0 Å². The van der Waals surface area contributed by atoms with Crippen LogP contribution < -0.4 is 10.0 Å². The molecule has 6 nitrogen and oxygen atoms in total. The molecule has 1 saturated heterocycles. The van der Waals surface area contributed by atoms with E-state index in [0.717, 1.165) is 47.9 Å². The highest BCUT2D eigenvalue weighted by Gasteiger charge is 2.25. The Kier molecular flexibility index (Phi) is 6.81. The first-order chi connectivity index (χ1) is 14.7. The fourth-order valence-corrected chi connectivity index (χ4v) is 5.62. The van der Waals surface area contributed by atoms with Gasteiger partial charge in [0.15, 0.2) is 5.82 Å². The van der Waals surface area contributed by atoms with E-state index >= 15 is 4.39 Å².